The van der Waals surface area contributed by atoms with Crippen LogP contribution in [0.1, 0.15) is 42.5 Å². The van der Waals surface area contributed by atoms with Crippen LogP contribution < -0.4 is 5.32 Å². The molecule has 2 aromatic heterocycles. The summed E-state index contributed by atoms with van der Waals surface area (Å²) in [6.07, 6.45) is 0. The molecule has 21 heavy (non-hydrogen) atoms. The van der Waals surface area contributed by atoms with Gasteiger partial charge in [-0.25, -0.2) is 9.97 Å². The molecule has 0 aliphatic heterocycles. The van der Waals surface area contributed by atoms with Gasteiger partial charge < -0.3 is 5.32 Å². The zero-order valence-corrected chi connectivity index (χ0v) is 13.3. The van der Waals surface area contributed by atoms with Gasteiger partial charge in [0, 0.05) is 22.4 Å². The smallest absolute Gasteiger partial charge is 0.256 e. The third-order valence-electron chi connectivity index (χ3n) is 2.95. The Labute approximate surface area is 129 Å². The average molecular weight is 304 g/mol. The van der Waals surface area contributed by atoms with Crippen LogP contribution in [0.5, 0.6) is 0 Å². The van der Waals surface area contributed by atoms with Crippen molar-refractivity contribution in [3.05, 3.63) is 52.4 Å². The SMILES string of the molecule is Cc1cccc(NC(=O)c2cc(Cl)nc(C(C)(C)C)c2)n1. The number of aryl methyl sites for hydroxylation is 1. The normalized spacial score (nSPS) is 11.3. The minimum absolute atomic E-state index is 0.179. The quantitative estimate of drug-likeness (QED) is 0.854. The van der Waals surface area contributed by atoms with Crippen LogP contribution in [0.4, 0.5) is 5.82 Å². The van der Waals surface area contributed by atoms with E-state index in [1.54, 1.807) is 18.2 Å². The lowest BCUT2D eigenvalue weighted by atomic mass is 9.91. The van der Waals surface area contributed by atoms with Crippen molar-refractivity contribution < 1.29 is 4.79 Å². The fourth-order valence-corrected chi connectivity index (χ4v) is 2.02. The largest absolute Gasteiger partial charge is 0.307 e. The molecule has 1 amide bonds. The van der Waals surface area contributed by atoms with Gasteiger partial charge in [0.2, 0.25) is 0 Å². The Kier molecular flexibility index (Phi) is 4.28. The van der Waals surface area contributed by atoms with E-state index in [0.717, 1.165) is 11.4 Å². The Morgan fingerprint density at radius 1 is 1.19 bits per heavy atom. The van der Waals surface area contributed by atoms with Crippen molar-refractivity contribution in [2.45, 2.75) is 33.1 Å². The molecule has 4 nitrogen and oxygen atoms in total. The number of hydrogen-bond donors (Lipinski definition) is 1. The van der Waals surface area contributed by atoms with Gasteiger partial charge in [-0.3, -0.25) is 4.79 Å². The van der Waals surface area contributed by atoms with E-state index in [1.165, 1.54) is 0 Å². The highest BCUT2D eigenvalue weighted by atomic mass is 35.5. The van der Waals surface area contributed by atoms with Gasteiger partial charge in [0.25, 0.3) is 5.91 Å². The number of carbonyl (C=O) groups excluding carboxylic acids is 1. The third-order valence-corrected chi connectivity index (χ3v) is 3.15. The molecule has 0 atom stereocenters. The first-order valence-corrected chi connectivity index (χ1v) is 7.06. The molecule has 0 aliphatic carbocycles. The molecule has 0 unspecified atom stereocenters. The fraction of sp³-hybridized carbons (Fsp3) is 0.312. The Balaban J connectivity index is 2.29. The highest BCUT2D eigenvalue weighted by Gasteiger charge is 2.19. The molecule has 0 radical (unpaired) electrons. The van der Waals surface area contributed by atoms with E-state index in [4.69, 9.17) is 11.6 Å². The summed E-state index contributed by atoms with van der Waals surface area (Å²) in [5.41, 5.74) is 1.91. The highest BCUT2D eigenvalue weighted by molar-refractivity contribution is 6.29. The Bertz CT molecular complexity index is 677. The molecule has 1 N–H and O–H groups in total. The van der Waals surface area contributed by atoms with E-state index >= 15 is 0 Å². The number of halogens is 1. The molecule has 0 fully saturated rings. The second kappa shape index (κ2) is 5.82. The lowest BCUT2D eigenvalue weighted by molar-refractivity contribution is 0.102. The van der Waals surface area contributed by atoms with Crippen molar-refractivity contribution in [3.8, 4) is 0 Å². The molecule has 0 saturated carbocycles. The van der Waals surface area contributed by atoms with Crippen molar-refractivity contribution in [2.24, 2.45) is 0 Å². The lowest BCUT2D eigenvalue weighted by Gasteiger charge is -2.18. The summed E-state index contributed by atoms with van der Waals surface area (Å²) in [7, 11) is 0. The molecule has 2 aromatic rings. The van der Waals surface area contributed by atoms with Crippen LogP contribution in [0, 0.1) is 6.92 Å². The molecule has 0 saturated heterocycles. The molecular formula is C16H18ClN3O. The number of pyridine rings is 2. The van der Waals surface area contributed by atoms with Gasteiger partial charge in [0.15, 0.2) is 0 Å². The van der Waals surface area contributed by atoms with E-state index in [2.05, 4.69) is 15.3 Å². The summed E-state index contributed by atoms with van der Waals surface area (Å²) >= 11 is 6.02. The monoisotopic (exact) mass is 303 g/mol. The van der Waals surface area contributed by atoms with E-state index in [9.17, 15) is 4.79 Å². The summed E-state index contributed by atoms with van der Waals surface area (Å²) in [6, 6.07) is 8.78. The van der Waals surface area contributed by atoms with Crippen LogP contribution in [0.2, 0.25) is 5.15 Å². The third kappa shape index (κ3) is 4.02. The topological polar surface area (TPSA) is 54.9 Å². The minimum atomic E-state index is -0.247. The van der Waals surface area contributed by atoms with Gasteiger partial charge in [0.05, 0.1) is 0 Å². The highest BCUT2D eigenvalue weighted by Crippen LogP contribution is 2.23. The summed E-state index contributed by atoms with van der Waals surface area (Å²) in [5, 5.41) is 3.08. The second-order valence-electron chi connectivity index (χ2n) is 5.93. The van der Waals surface area contributed by atoms with Crippen LogP contribution in [0.25, 0.3) is 0 Å². The summed E-state index contributed by atoms with van der Waals surface area (Å²) in [5.74, 6) is 0.271. The predicted octanol–water partition coefficient (Wildman–Crippen LogP) is 3.99. The zero-order chi connectivity index (χ0) is 15.6. The van der Waals surface area contributed by atoms with Crippen molar-refractivity contribution in [1.29, 1.82) is 0 Å². The molecule has 5 heteroatoms. The Morgan fingerprint density at radius 3 is 2.52 bits per heavy atom. The molecule has 0 bridgehead atoms. The number of hydrogen-bond acceptors (Lipinski definition) is 3. The summed E-state index contributed by atoms with van der Waals surface area (Å²) < 4.78 is 0. The lowest BCUT2D eigenvalue weighted by Crippen LogP contribution is -2.18. The van der Waals surface area contributed by atoms with E-state index in [0.29, 0.717) is 16.5 Å². The average Bonchev–Trinajstić information content (AvgIpc) is 2.37. The van der Waals surface area contributed by atoms with Gasteiger partial charge in [0.1, 0.15) is 11.0 Å². The maximum atomic E-state index is 12.3. The van der Waals surface area contributed by atoms with Gasteiger partial charge in [-0.1, -0.05) is 38.4 Å². The second-order valence-corrected chi connectivity index (χ2v) is 6.32. The maximum Gasteiger partial charge on any atom is 0.256 e. The van der Waals surface area contributed by atoms with Crippen molar-refractivity contribution in [1.82, 2.24) is 9.97 Å². The molecule has 0 aliphatic rings. The number of anilines is 1. The first kappa shape index (κ1) is 15.4. The van der Waals surface area contributed by atoms with Gasteiger partial charge in [-0.05, 0) is 31.2 Å². The number of rotatable bonds is 2. The maximum absolute atomic E-state index is 12.3. The molecule has 110 valence electrons. The first-order valence-electron chi connectivity index (χ1n) is 6.69. The van der Waals surface area contributed by atoms with Crippen LogP contribution in [-0.2, 0) is 5.41 Å². The van der Waals surface area contributed by atoms with Crippen molar-refractivity contribution >= 4 is 23.3 Å². The Hall–Kier alpha value is -1.94. The van der Waals surface area contributed by atoms with Gasteiger partial charge in [-0.2, -0.15) is 0 Å². The summed E-state index contributed by atoms with van der Waals surface area (Å²) in [4.78, 5) is 20.8. The van der Waals surface area contributed by atoms with Crippen LogP contribution in [-0.4, -0.2) is 15.9 Å². The minimum Gasteiger partial charge on any atom is -0.307 e. The predicted molar refractivity (Wildman–Crippen MR) is 84.9 cm³/mol. The van der Waals surface area contributed by atoms with Gasteiger partial charge in [-0.15, -0.1) is 0 Å². The first-order chi connectivity index (χ1) is 9.75. The molecule has 0 aromatic carbocycles. The standard InChI is InChI=1S/C16H18ClN3O/c1-10-6-5-7-14(18-10)20-15(21)11-8-12(16(2,3)4)19-13(17)9-11/h5-9H,1-4H3,(H,18,20,21). The number of nitrogens with one attached hydrogen (secondary N) is 1. The molecule has 2 heterocycles. The van der Waals surface area contributed by atoms with E-state index in [-0.39, 0.29) is 11.3 Å². The number of nitrogens with zero attached hydrogens (tertiary/aromatic N) is 2. The Morgan fingerprint density at radius 2 is 1.90 bits per heavy atom. The van der Waals surface area contributed by atoms with Crippen molar-refractivity contribution in [2.75, 3.05) is 5.32 Å². The van der Waals surface area contributed by atoms with Crippen molar-refractivity contribution in [3.63, 3.8) is 0 Å². The molecular weight excluding hydrogens is 286 g/mol. The molecule has 2 rings (SSSR count). The van der Waals surface area contributed by atoms with Crippen LogP contribution >= 0.6 is 11.6 Å². The van der Waals surface area contributed by atoms with Gasteiger partial charge >= 0.3 is 0 Å². The van der Waals surface area contributed by atoms with Crippen LogP contribution in [0.3, 0.4) is 0 Å². The fourth-order valence-electron chi connectivity index (χ4n) is 1.81. The summed E-state index contributed by atoms with van der Waals surface area (Å²) in [6.45, 7) is 7.94. The number of aromatic nitrogens is 2. The van der Waals surface area contributed by atoms with E-state index < -0.39 is 0 Å². The molecule has 0 spiro atoms. The van der Waals surface area contributed by atoms with Crippen LogP contribution in [0.15, 0.2) is 30.3 Å². The number of carbonyl (C=O) groups is 1. The zero-order valence-electron chi connectivity index (χ0n) is 12.6. The number of amides is 1. The van der Waals surface area contributed by atoms with E-state index in [1.807, 2.05) is 39.8 Å².